The van der Waals surface area contributed by atoms with E-state index < -0.39 is 0 Å². The molecule has 0 aromatic rings. The second-order valence-electron chi connectivity index (χ2n) is 3.29. The second-order valence-corrected chi connectivity index (χ2v) is 3.85. The van der Waals surface area contributed by atoms with Crippen molar-refractivity contribution >= 4 is 11.6 Å². The van der Waals surface area contributed by atoms with Crippen LogP contribution in [-0.2, 0) is 4.74 Å². The van der Waals surface area contributed by atoms with Crippen LogP contribution in [0.2, 0.25) is 0 Å². The predicted octanol–water partition coefficient (Wildman–Crippen LogP) is 2.59. The van der Waals surface area contributed by atoms with Crippen molar-refractivity contribution in [1.82, 2.24) is 0 Å². The first kappa shape index (κ1) is 9.08. The van der Waals surface area contributed by atoms with Crippen LogP contribution in [-0.4, -0.2) is 18.6 Å². The van der Waals surface area contributed by atoms with Crippen LogP contribution in [0.15, 0.2) is 11.6 Å². The van der Waals surface area contributed by atoms with Crippen molar-refractivity contribution in [3.63, 3.8) is 0 Å². The molecule has 2 heteroatoms. The van der Waals surface area contributed by atoms with Gasteiger partial charge in [-0.05, 0) is 13.3 Å². The average molecular weight is 175 g/mol. The number of alkyl halides is 1. The molecule has 64 valence electrons. The number of rotatable bonds is 1. The molecule has 0 bridgehead atoms. The third-order valence-electron chi connectivity index (χ3n) is 2.21. The quantitative estimate of drug-likeness (QED) is 0.439. The van der Waals surface area contributed by atoms with Crippen LogP contribution in [0.1, 0.15) is 20.3 Å². The van der Waals surface area contributed by atoms with Crippen molar-refractivity contribution in [1.29, 1.82) is 0 Å². The molecule has 0 N–H and O–H groups in total. The molecular formula is C9H15ClO. The maximum absolute atomic E-state index is 6.11. The van der Waals surface area contributed by atoms with Crippen LogP contribution in [0, 0.1) is 5.92 Å². The minimum atomic E-state index is 0.153. The lowest BCUT2D eigenvalue weighted by Crippen LogP contribution is -2.32. The van der Waals surface area contributed by atoms with Gasteiger partial charge in [0, 0.05) is 13.0 Å². The zero-order valence-electron chi connectivity index (χ0n) is 7.30. The van der Waals surface area contributed by atoms with Gasteiger partial charge in [0.05, 0.1) is 11.5 Å². The lowest BCUT2D eigenvalue weighted by molar-refractivity contribution is 0.0658. The molecule has 0 radical (unpaired) electrons. The molecule has 0 aromatic heterocycles. The van der Waals surface area contributed by atoms with E-state index in [1.807, 2.05) is 0 Å². The van der Waals surface area contributed by atoms with Gasteiger partial charge in [-0.3, -0.25) is 0 Å². The fourth-order valence-corrected chi connectivity index (χ4v) is 2.30. The van der Waals surface area contributed by atoms with Crippen molar-refractivity contribution in [3.05, 3.63) is 11.6 Å². The van der Waals surface area contributed by atoms with Crippen molar-refractivity contribution < 1.29 is 4.74 Å². The molecule has 0 aromatic carbocycles. The number of hydrogen-bond acceptors (Lipinski definition) is 1. The Kier molecular flexibility index (Phi) is 2.97. The highest BCUT2D eigenvalue weighted by atomic mass is 35.5. The summed E-state index contributed by atoms with van der Waals surface area (Å²) in [5.41, 5.74) is 1.38. The van der Waals surface area contributed by atoms with Gasteiger partial charge in [-0.15, -0.1) is 11.6 Å². The summed E-state index contributed by atoms with van der Waals surface area (Å²) in [5, 5.41) is 0.153. The Morgan fingerprint density at radius 1 is 1.64 bits per heavy atom. The van der Waals surface area contributed by atoms with Gasteiger partial charge in [0.25, 0.3) is 0 Å². The monoisotopic (exact) mass is 174 g/mol. The lowest BCUT2D eigenvalue weighted by Gasteiger charge is -2.29. The summed E-state index contributed by atoms with van der Waals surface area (Å²) in [6.45, 7) is 4.27. The summed E-state index contributed by atoms with van der Waals surface area (Å²) in [4.78, 5) is 0. The summed E-state index contributed by atoms with van der Waals surface area (Å²) in [7, 11) is 1.73. The predicted molar refractivity (Wildman–Crippen MR) is 48.0 cm³/mol. The van der Waals surface area contributed by atoms with E-state index in [9.17, 15) is 0 Å². The molecule has 0 spiro atoms. The first-order chi connectivity index (χ1) is 5.15. The Bertz CT molecular complexity index is 165. The van der Waals surface area contributed by atoms with E-state index in [4.69, 9.17) is 16.3 Å². The van der Waals surface area contributed by atoms with Crippen LogP contribution in [0.25, 0.3) is 0 Å². The Labute approximate surface area is 73.4 Å². The highest BCUT2D eigenvalue weighted by Crippen LogP contribution is 2.28. The van der Waals surface area contributed by atoms with Gasteiger partial charge < -0.3 is 4.74 Å². The van der Waals surface area contributed by atoms with Crippen molar-refractivity contribution in [2.24, 2.45) is 5.92 Å². The minimum absolute atomic E-state index is 0.153. The smallest absolute Gasteiger partial charge is 0.0797 e. The third kappa shape index (κ3) is 1.97. The molecule has 0 amide bonds. The molecule has 3 unspecified atom stereocenters. The SMILES string of the molecule is COC1C(C)C=C(C)CC1Cl. The van der Waals surface area contributed by atoms with Gasteiger partial charge in [-0.1, -0.05) is 18.6 Å². The molecule has 0 saturated carbocycles. The van der Waals surface area contributed by atoms with Crippen LogP contribution in [0.4, 0.5) is 0 Å². The average Bonchev–Trinajstić information content (AvgIpc) is 1.85. The van der Waals surface area contributed by atoms with Crippen molar-refractivity contribution in [3.8, 4) is 0 Å². The molecule has 1 aliphatic carbocycles. The highest BCUT2D eigenvalue weighted by molar-refractivity contribution is 6.21. The molecule has 1 rings (SSSR count). The molecule has 1 nitrogen and oxygen atoms in total. The van der Waals surface area contributed by atoms with Gasteiger partial charge in [0.2, 0.25) is 0 Å². The highest BCUT2D eigenvalue weighted by Gasteiger charge is 2.27. The summed E-state index contributed by atoms with van der Waals surface area (Å²) >= 11 is 6.11. The Balaban J connectivity index is 2.69. The largest absolute Gasteiger partial charge is 0.379 e. The summed E-state index contributed by atoms with van der Waals surface area (Å²) in [6, 6.07) is 0. The number of allylic oxidation sites excluding steroid dienone is 1. The van der Waals surface area contributed by atoms with Crippen molar-refractivity contribution in [2.75, 3.05) is 7.11 Å². The van der Waals surface area contributed by atoms with E-state index in [1.54, 1.807) is 7.11 Å². The topological polar surface area (TPSA) is 9.23 Å². The van der Waals surface area contributed by atoms with E-state index >= 15 is 0 Å². The maximum atomic E-state index is 6.11. The van der Waals surface area contributed by atoms with Crippen LogP contribution in [0.5, 0.6) is 0 Å². The van der Waals surface area contributed by atoms with Crippen molar-refractivity contribution in [2.45, 2.75) is 31.7 Å². The summed E-state index contributed by atoms with van der Waals surface area (Å²) in [5.74, 6) is 0.455. The Morgan fingerprint density at radius 3 is 2.73 bits per heavy atom. The second kappa shape index (κ2) is 3.59. The van der Waals surface area contributed by atoms with Gasteiger partial charge in [0.1, 0.15) is 0 Å². The maximum Gasteiger partial charge on any atom is 0.0797 e. The molecule has 1 aliphatic rings. The minimum Gasteiger partial charge on any atom is -0.379 e. The molecule has 0 aliphatic heterocycles. The third-order valence-corrected chi connectivity index (χ3v) is 2.61. The van der Waals surface area contributed by atoms with Gasteiger partial charge in [-0.2, -0.15) is 0 Å². The fourth-order valence-electron chi connectivity index (χ4n) is 1.73. The molecule has 11 heavy (non-hydrogen) atoms. The zero-order valence-corrected chi connectivity index (χ0v) is 8.06. The molecule has 3 atom stereocenters. The number of methoxy groups -OCH3 is 1. The number of hydrogen-bond donors (Lipinski definition) is 0. The Hall–Kier alpha value is -0.0100. The fraction of sp³-hybridized carbons (Fsp3) is 0.778. The van der Waals surface area contributed by atoms with E-state index in [0.717, 1.165) is 6.42 Å². The standard InChI is InChI=1S/C9H15ClO/c1-6-4-7(2)9(11-3)8(10)5-6/h4,7-9H,5H2,1-3H3. The normalized spacial score (nSPS) is 38.5. The lowest BCUT2D eigenvalue weighted by atomic mass is 9.89. The van der Waals surface area contributed by atoms with Crippen LogP contribution >= 0.6 is 11.6 Å². The van der Waals surface area contributed by atoms with E-state index in [2.05, 4.69) is 19.9 Å². The van der Waals surface area contributed by atoms with Crippen LogP contribution < -0.4 is 0 Å². The number of ether oxygens (including phenoxy) is 1. The summed E-state index contributed by atoms with van der Waals surface area (Å²) < 4.78 is 5.29. The molecule has 0 fully saturated rings. The van der Waals surface area contributed by atoms with Gasteiger partial charge in [0.15, 0.2) is 0 Å². The van der Waals surface area contributed by atoms with E-state index in [-0.39, 0.29) is 11.5 Å². The van der Waals surface area contributed by atoms with Crippen LogP contribution in [0.3, 0.4) is 0 Å². The first-order valence-electron chi connectivity index (χ1n) is 3.99. The van der Waals surface area contributed by atoms with Gasteiger partial charge in [-0.25, -0.2) is 0 Å². The molecule has 0 heterocycles. The molecule has 0 saturated heterocycles. The van der Waals surface area contributed by atoms with Gasteiger partial charge >= 0.3 is 0 Å². The van der Waals surface area contributed by atoms with E-state index in [0.29, 0.717) is 5.92 Å². The molecular weight excluding hydrogens is 160 g/mol. The summed E-state index contributed by atoms with van der Waals surface area (Å²) in [6.07, 6.45) is 3.40. The van der Waals surface area contributed by atoms with E-state index in [1.165, 1.54) is 5.57 Å². The Morgan fingerprint density at radius 2 is 2.27 bits per heavy atom. The zero-order chi connectivity index (χ0) is 8.43. The number of halogens is 1. The first-order valence-corrected chi connectivity index (χ1v) is 4.43.